The maximum absolute atomic E-state index is 12.7. The second kappa shape index (κ2) is 5.93. The Hall–Kier alpha value is -1.75. The number of hydrogen-bond acceptors (Lipinski definition) is 7. The molecule has 2 heterocycles. The normalized spacial score (nSPS) is 11.6. The molecule has 0 aliphatic carbocycles. The van der Waals surface area contributed by atoms with Crippen LogP contribution in [0.4, 0.5) is 13.2 Å². The standard InChI is InChI=1S/C10H8F3N3O3S2/c1-5-15-9(16-19-5)7-4-14-10(20-7)21(17,18)3-2-6(11)8(12)13/h4H,2-3H2,1H3. The van der Waals surface area contributed by atoms with Gasteiger partial charge in [0.1, 0.15) is 0 Å². The Labute approximate surface area is 121 Å². The van der Waals surface area contributed by atoms with Gasteiger partial charge >= 0.3 is 6.08 Å². The van der Waals surface area contributed by atoms with Crippen molar-refractivity contribution in [1.29, 1.82) is 0 Å². The molecule has 0 aromatic carbocycles. The van der Waals surface area contributed by atoms with Gasteiger partial charge in [-0.15, -0.1) is 0 Å². The van der Waals surface area contributed by atoms with Crippen LogP contribution in [0.2, 0.25) is 0 Å². The van der Waals surface area contributed by atoms with Crippen molar-refractivity contribution < 1.29 is 26.1 Å². The third kappa shape index (κ3) is 3.67. The number of hydrogen-bond donors (Lipinski definition) is 0. The second-order valence-electron chi connectivity index (χ2n) is 3.86. The molecule has 0 saturated carbocycles. The lowest BCUT2D eigenvalue weighted by molar-refractivity contribution is 0.373. The molecule has 114 valence electrons. The Kier molecular flexibility index (Phi) is 4.42. The number of nitrogens with zero attached hydrogens (tertiary/aromatic N) is 3. The predicted octanol–water partition coefficient (Wildman–Crippen LogP) is 2.74. The second-order valence-corrected chi connectivity index (χ2v) is 7.18. The molecule has 0 unspecified atom stereocenters. The van der Waals surface area contributed by atoms with E-state index in [-0.39, 0.29) is 10.2 Å². The summed E-state index contributed by atoms with van der Waals surface area (Å²) in [7, 11) is -3.96. The van der Waals surface area contributed by atoms with Gasteiger partial charge in [-0.25, -0.2) is 17.8 Å². The van der Waals surface area contributed by atoms with Gasteiger partial charge in [-0.3, -0.25) is 0 Å². The zero-order chi connectivity index (χ0) is 15.6. The summed E-state index contributed by atoms with van der Waals surface area (Å²) in [5.74, 6) is -2.07. The number of aromatic nitrogens is 3. The van der Waals surface area contributed by atoms with Gasteiger partial charge in [-0.2, -0.15) is 13.8 Å². The minimum absolute atomic E-state index is 0.173. The topological polar surface area (TPSA) is 86.0 Å². The third-order valence-electron chi connectivity index (χ3n) is 2.29. The van der Waals surface area contributed by atoms with Crippen molar-refractivity contribution in [2.45, 2.75) is 17.7 Å². The summed E-state index contributed by atoms with van der Waals surface area (Å²) < 4.78 is 64.6. The zero-order valence-corrected chi connectivity index (χ0v) is 12.1. The molecule has 2 rings (SSSR count). The summed E-state index contributed by atoms with van der Waals surface area (Å²) in [4.78, 5) is 7.93. The first kappa shape index (κ1) is 15.6. The first-order valence-electron chi connectivity index (χ1n) is 5.48. The molecule has 0 amide bonds. The molecule has 0 aliphatic rings. The van der Waals surface area contributed by atoms with Gasteiger partial charge in [0.15, 0.2) is 5.83 Å². The summed E-state index contributed by atoms with van der Waals surface area (Å²) in [6.45, 7) is 1.57. The molecule has 0 N–H and O–H groups in total. The molecule has 0 fully saturated rings. The molecule has 6 nitrogen and oxygen atoms in total. The number of aryl methyl sites for hydroxylation is 1. The first-order valence-corrected chi connectivity index (χ1v) is 7.95. The number of halogens is 3. The number of rotatable bonds is 5. The Morgan fingerprint density at radius 2 is 2.10 bits per heavy atom. The van der Waals surface area contributed by atoms with Crippen LogP contribution in [0.3, 0.4) is 0 Å². The summed E-state index contributed by atoms with van der Waals surface area (Å²) in [5.41, 5.74) is 0. The van der Waals surface area contributed by atoms with Crippen LogP contribution in [0.15, 0.2) is 27.0 Å². The van der Waals surface area contributed by atoms with Crippen molar-refractivity contribution >= 4 is 21.2 Å². The van der Waals surface area contributed by atoms with E-state index in [1.165, 1.54) is 6.20 Å². The summed E-state index contributed by atoms with van der Waals surface area (Å²) in [6.07, 6.45) is -2.20. The van der Waals surface area contributed by atoms with E-state index in [1.54, 1.807) is 6.92 Å². The quantitative estimate of drug-likeness (QED) is 0.832. The Morgan fingerprint density at radius 3 is 2.67 bits per heavy atom. The van der Waals surface area contributed by atoms with E-state index in [1.807, 2.05) is 0 Å². The Bertz CT molecular complexity index is 778. The fraction of sp³-hybridized carbons (Fsp3) is 0.300. The van der Waals surface area contributed by atoms with Gasteiger partial charge in [0.2, 0.25) is 25.9 Å². The van der Waals surface area contributed by atoms with Crippen LogP contribution in [0.5, 0.6) is 0 Å². The predicted molar refractivity (Wildman–Crippen MR) is 67.2 cm³/mol. The van der Waals surface area contributed by atoms with E-state index >= 15 is 0 Å². The first-order chi connectivity index (χ1) is 9.79. The summed E-state index contributed by atoms with van der Waals surface area (Å²) in [6, 6.07) is 0. The van der Waals surface area contributed by atoms with E-state index in [2.05, 4.69) is 15.1 Å². The lowest BCUT2D eigenvalue weighted by Gasteiger charge is -1.98. The van der Waals surface area contributed by atoms with E-state index < -0.39 is 33.9 Å². The Balaban J connectivity index is 2.18. The summed E-state index contributed by atoms with van der Waals surface area (Å²) in [5, 5.41) is 3.60. The van der Waals surface area contributed by atoms with Gasteiger partial charge in [0.05, 0.1) is 16.8 Å². The maximum atomic E-state index is 12.7. The van der Waals surface area contributed by atoms with Crippen molar-refractivity contribution in [1.82, 2.24) is 15.1 Å². The van der Waals surface area contributed by atoms with E-state index in [0.717, 1.165) is 11.3 Å². The molecule has 0 aliphatic heterocycles. The third-order valence-corrected chi connectivity index (χ3v) is 5.47. The minimum atomic E-state index is -3.96. The molecular formula is C10H8F3N3O3S2. The highest BCUT2D eigenvalue weighted by molar-refractivity contribution is 7.93. The van der Waals surface area contributed by atoms with E-state index in [4.69, 9.17) is 4.52 Å². The van der Waals surface area contributed by atoms with Crippen LogP contribution in [-0.2, 0) is 9.84 Å². The minimum Gasteiger partial charge on any atom is -0.339 e. The fourth-order valence-electron chi connectivity index (χ4n) is 1.31. The van der Waals surface area contributed by atoms with Gasteiger partial charge < -0.3 is 4.52 Å². The van der Waals surface area contributed by atoms with Crippen molar-refractivity contribution in [2.24, 2.45) is 0 Å². The lowest BCUT2D eigenvalue weighted by atomic mass is 10.4. The molecule has 2 aromatic heterocycles. The van der Waals surface area contributed by atoms with Gasteiger partial charge in [-0.05, 0) is 0 Å². The van der Waals surface area contributed by atoms with Crippen LogP contribution in [0.25, 0.3) is 10.7 Å². The molecule has 0 bridgehead atoms. The largest absolute Gasteiger partial charge is 0.339 e. The molecule has 0 saturated heterocycles. The van der Waals surface area contributed by atoms with Crippen LogP contribution in [0.1, 0.15) is 12.3 Å². The molecule has 21 heavy (non-hydrogen) atoms. The van der Waals surface area contributed by atoms with E-state index in [0.29, 0.717) is 10.8 Å². The molecule has 0 radical (unpaired) electrons. The van der Waals surface area contributed by atoms with Crippen LogP contribution < -0.4 is 0 Å². The molecular weight excluding hydrogens is 331 g/mol. The molecule has 11 heteroatoms. The van der Waals surface area contributed by atoms with Crippen molar-refractivity contribution in [3.05, 3.63) is 24.0 Å². The number of allylic oxidation sites excluding steroid dienone is 1. The average molecular weight is 339 g/mol. The molecule has 0 atom stereocenters. The van der Waals surface area contributed by atoms with Crippen molar-refractivity contribution in [3.63, 3.8) is 0 Å². The average Bonchev–Trinajstić information content (AvgIpc) is 3.04. The highest BCUT2D eigenvalue weighted by atomic mass is 32.2. The van der Waals surface area contributed by atoms with Crippen LogP contribution >= 0.6 is 11.3 Å². The van der Waals surface area contributed by atoms with Gasteiger partial charge in [0, 0.05) is 13.3 Å². The molecule has 0 spiro atoms. The van der Waals surface area contributed by atoms with Crippen LogP contribution in [0, 0.1) is 6.92 Å². The van der Waals surface area contributed by atoms with Gasteiger partial charge in [-0.1, -0.05) is 16.5 Å². The Morgan fingerprint density at radius 1 is 1.38 bits per heavy atom. The number of sulfone groups is 1. The highest BCUT2D eigenvalue weighted by Crippen LogP contribution is 2.28. The van der Waals surface area contributed by atoms with Crippen LogP contribution in [-0.4, -0.2) is 29.3 Å². The smallest absolute Gasteiger partial charge is 0.301 e. The monoisotopic (exact) mass is 339 g/mol. The summed E-state index contributed by atoms with van der Waals surface area (Å²) >= 11 is 0.756. The van der Waals surface area contributed by atoms with Crippen molar-refractivity contribution in [3.8, 4) is 10.7 Å². The highest BCUT2D eigenvalue weighted by Gasteiger charge is 2.22. The SMILES string of the molecule is Cc1nc(-c2cnc(S(=O)(=O)CCC(F)=C(F)F)s2)no1. The van der Waals surface area contributed by atoms with Gasteiger partial charge in [0.25, 0.3) is 0 Å². The van der Waals surface area contributed by atoms with Crippen molar-refractivity contribution in [2.75, 3.05) is 5.75 Å². The van der Waals surface area contributed by atoms with E-state index in [9.17, 15) is 21.6 Å². The molecule has 2 aromatic rings. The fourth-order valence-corrected chi connectivity index (χ4v) is 3.75. The lowest BCUT2D eigenvalue weighted by Crippen LogP contribution is -2.06. The maximum Gasteiger partial charge on any atom is 0.301 e. The zero-order valence-electron chi connectivity index (χ0n) is 10.5. The number of thiazole rings is 1.